The maximum Gasteiger partial charge on any atom is 0.338 e. The second-order valence-electron chi connectivity index (χ2n) is 20.4. The van der Waals surface area contributed by atoms with Crippen LogP contribution in [0.4, 0.5) is 0 Å². The van der Waals surface area contributed by atoms with E-state index in [9.17, 15) is 24.9 Å². The zero-order valence-corrected chi connectivity index (χ0v) is 39.3. The number of piperidine rings is 1. The van der Waals surface area contributed by atoms with E-state index in [1.165, 1.54) is 84.2 Å². The summed E-state index contributed by atoms with van der Waals surface area (Å²) < 4.78 is 38.8. The third-order valence-electron chi connectivity index (χ3n) is 17.4. The van der Waals surface area contributed by atoms with Gasteiger partial charge in [0.2, 0.25) is 0 Å². The van der Waals surface area contributed by atoms with Crippen molar-refractivity contribution in [3.05, 3.63) is 35.9 Å². The summed E-state index contributed by atoms with van der Waals surface area (Å²) >= 11 is 0. The van der Waals surface area contributed by atoms with Crippen molar-refractivity contribution in [1.29, 1.82) is 0 Å². The molecular formula is C51H81NO11. The highest BCUT2D eigenvalue weighted by atomic mass is 16.6. The third kappa shape index (κ3) is 8.14. The Morgan fingerprint density at radius 3 is 1.90 bits per heavy atom. The van der Waals surface area contributed by atoms with Crippen molar-refractivity contribution in [2.45, 2.75) is 190 Å². The van der Waals surface area contributed by atoms with Crippen LogP contribution in [0, 0.1) is 34.5 Å². The quantitative estimate of drug-likeness (QED) is 0.0633. The molecule has 1 aliphatic heterocycles. The lowest BCUT2D eigenvalue weighted by Crippen LogP contribution is -2.81. The second-order valence-corrected chi connectivity index (χ2v) is 20.4. The SMILES string of the molecule is CCCCCCCCCCCCCCCCCCC(=O)O[C@]12[C@H]3[C@@H](OC(=O)c4ccccc4)[C@@](O)(C[C@H]3[C@@]34C(OC)C[C@@H](O)[C@@]5(COC)CN(CC)[C@@H]3[C@@H]1[C@H](OC)[C@H]54)[C@@H](OC)[C@@H]2O. The number of esters is 2. The van der Waals surface area contributed by atoms with Crippen molar-refractivity contribution >= 4 is 11.9 Å². The summed E-state index contributed by atoms with van der Waals surface area (Å²) in [5.41, 5.74) is -4.82. The van der Waals surface area contributed by atoms with E-state index in [2.05, 4.69) is 18.7 Å². The third-order valence-corrected chi connectivity index (χ3v) is 17.4. The van der Waals surface area contributed by atoms with E-state index in [0.717, 1.165) is 19.3 Å². The molecule has 1 heterocycles. The zero-order valence-electron chi connectivity index (χ0n) is 39.3. The molecule has 0 aromatic heterocycles. The molecule has 7 bridgehead atoms. The molecule has 356 valence electrons. The van der Waals surface area contributed by atoms with Crippen LogP contribution in [0.5, 0.6) is 0 Å². The summed E-state index contributed by atoms with van der Waals surface area (Å²) in [6.07, 6.45) is 14.3. The first kappa shape index (κ1) is 48.8. The van der Waals surface area contributed by atoms with Crippen molar-refractivity contribution in [2.75, 3.05) is 48.1 Å². The molecule has 5 aliphatic carbocycles. The van der Waals surface area contributed by atoms with Crippen molar-refractivity contribution in [3.63, 3.8) is 0 Å². The summed E-state index contributed by atoms with van der Waals surface area (Å²) in [6.45, 7) is 5.70. The first-order chi connectivity index (χ1) is 30.5. The Bertz CT molecular complexity index is 1650. The number of hydrogen-bond acceptors (Lipinski definition) is 12. The molecule has 1 unspecified atom stereocenters. The van der Waals surface area contributed by atoms with E-state index < -0.39 is 88.3 Å². The van der Waals surface area contributed by atoms with Gasteiger partial charge < -0.3 is 43.7 Å². The number of carbonyl (C=O) groups is 2. The summed E-state index contributed by atoms with van der Waals surface area (Å²) in [4.78, 5) is 31.1. The van der Waals surface area contributed by atoms with Crippen molar-refractivity contribution < 1.29 is 53.3 Å². The maximum atomic E-state index is 14.6. The molecule has 6 fully saturated rings. The van der Waals surface area contributed by atoms with E-state index in [1.54, 1.807) is 45.6 Å². The van der Waals surface area contributed by atoms with Gasteiger partial charge in [0.15, 0.2) is 5.60 Å². The normalized spacial score (nSPS) is 39.7. The Labute approximate surface area is 377 Å². The number of carbonyl (C=O) groups excluding carboxylic acids is 2. The summed E-state index contributed by atoms with van der Waals surface area (Å²) in [7, 11) is 6.42. The van der Waals surface area contributed by atoms with Crippen LogP contribution in [-0.4, -0.2) is 134 Å². The van der Waals surface area contributed by atoms with Crippen LogP contribution in [0.1, 0.15) is 146 Å². The number of aliphatic hydroxyl groups is 3. The number of unbranched alkanes of at least 4 members (excludes halogenated alkanes) is 15. The molecule has 12 nitrogen and oxygen atoms in total. The summed E-state index contributed by atoms with van der Waals surface area (Å²) in [6, 6.07) is 8.33. The molecule has 5 saturated carbocycles. The fraction of sp³-hybridized carbons (Fsp3) is 0.843. The van der Waals surface area contributed by atoms with Gasteiger partial charge >= 0.3 is 11.9 Å². The van der Waals surface area contributed by atoms with Crippen LogP contribution in [0.25, 0.3) is 0 Å². The van der Waals surface area contributed by atoms with E-state index in [4.69, 9.17) is 28.4 Å². The second kappa shape index (κ2) is 20.8. The Morgan fingerprint density at radius 1 is 0.762 bits per heavy atom. The maximum absolute atomic E-state index is 14.6. The highest BCUT2D eigenvalue weighted by Crippen LogP contribution is 2.80. The van der Waals surface area contributed by atoms with E-state index >= 15 is 0 Å². The molecular weight excluding hydrogens is 803 g/mol. The number of likely N-dealkylation sites (tertiary alicyclic amines) is 1. The van der Waals surface area contributed by atoms with Crippen molar-refractivity contribution in [1.82, 2.24) is 4.90 Å². The van der Waals surface area contributed by atoms with Crippen LogP contribution >= 0.6 is 0 Å². The smallest absolute Gasteiger partial charge is 0.338 e. The molecule has 1 spiro atoms. The molecule has 63 heavy (non-hydrogen) atoms. The number of fused-ring (bicyclic) bond motifs is 2. The van der Waals surface area contributed by atoms with Crippen LogP contribution < -0.4 is 0 Å². The Kier molecular flexibility index (Phi) is 16.1. The molecule has 1 saturated heterocycles. The highest BCUT2D eigenvalue weighted by molar-refractivity contribution is 5.89. The van der Waals surface area contributed by atoms with E-state index in [1.807, 2.05) is 6.07 Å². The van der Waals surface area contributed by atoms with Gasteiger partial charge in [-0.05, 0) is 37.4 Å². The first-order valence-electron chi connectivity index (χ1n) is 24.9. The molecule has 1 aromatic carbocycles. The average molecular weight is 884 g/mol. The number of rotatable bonds is 26. The Morgan fingerprint density at radius 2 is 1.37 bits per heavy atom. The van der Waals surface area contributed by atoms with Crippen LogP contribution in [0.15, 0.2) is 30.3 Å². The average Bonchev–Trinajstić information content (AvgIpc) is 3.66. The monoisotopic (exact) mass is 884 g/mol. The number of hydrogen-bond donors (Lipinski definition) is 3. The lowest BCUT2D eigenvalue weighted by atomic mass is 9.42. The lowest BCUT2D eigenvalue weighted by Gasteiger charge is -2.70. The van der Waals surface area contributed by atoms with Crippen molar-refractivity contribution in [2.24, 2.45) is 34.5 Å². The number of ether oxygens (including phenoxy) is 6. The lowest BCUT2D eigenvalue weighted by molar-refractivity contribution is -0.323. The summed E-state index contributed by atoms with van der Waals surface area (Å²) in [5.74, 6) is -3.47. The molecule has 15 atom stereocenters. The van der Waals surface area contributed by atoms with Gasteiger partial charge in [-0.2, -0.15) is 0 Å². The number of benzene rings is 1. The molecule has 0 radical (unpaired) electrons. The van der Waals surface area contributed by atoms with Crippen LogP contribution in [0.3, 0.4) is 0 Å². The topological polar surface area (TPSA) is 153 Å². The standard InChI is InChI=1S/C51H81NO11/c1-7-9-10-11-12-13-14-15-16-17-18-19-20-21-22-26-29-38(54)63-51-39-35(31-49(57,46(61-6)44(51)55)45(39)62-47(56)34-27-24-23-25-28-34)50-37(59-4)30-36(53)48(33-58-3)32-52(8-2)43(50)40(51)41(60-5)42(48)50/h23-25,27-28,35-37,39-46,53,55,57H,7-22,26,29-33H2,1-6H3/t35-,36-,37?,39-,40+,41+,42-,43-,44+,45-,46+,48+,49+,50+,51-/m1/s1. The number of nitrogens with zero attached hydrogens (tertiary/aromatic N) is 1. The molecule has 6 aliphatic rings. The predicted molar refractivity (Wildman–Crippen MR) is 239 cm³/mol. The van der Waals surface area contributed by atoms with E-state index in [0.29, 0.717) is 31.5 Å². The molecule has 12 heteroatoms. The number of aliphatic hydroxyl groups excluding tert-OH is 2. The number of methoxy groups -OCH3 is 4. The molecule has 1 aromatic rings. The zero-order chi connectivity index (χ0) is 45.0. The van der Waals surface area contributed by atoms with Gasteiger partial charge in [0, 0.05) is 82.5 Å². The highest BCUT2D eigenvalue weighted by Gasteiger charge is 2.92. The minimum atomic E-state index is -1.84. The van der Waals surface area contributed by atoms with Gasteiger partial charge in [0.25, 0.3) is 0 Å². The van der Waals surface area contributed by atoms with Gasteiger partial charge in [-0.15, -0.1) is 0 Å². The predicted octanol–water partition coefficient (Wildman–Crippen LogP) is 7.28. The van der Waals surface area contributed by atoms with Gasteiger partial charge in [-0.3, -0.25) is 9.69 Å². The van der Waals surface area contributed by atoms with Gasteiger partial charge in [-0.25, -0.2) is 4.79 Å². The Hall–Kier alpha value is -2.16. The summed E-state index contributed by atoms with van der Waals surface area (Å²) in [5, 5.41) is 38.4. The van der Waals surface area contributed by atoms with E-state index in [-0.39, 0.29) is 31.4 Å². The van der Waals surface area contributed by atoms with Crippen LogP contribution in [0.2, 0.25) is 0 Å². The first-order valence-corrected chi connectivity index (χ1v) is 24.9. The minimum absolute atomic E-state index is 0.0884. The largest absolute Gasteiger partial charge is 0.455 e. The molecule has 7 rings (SSSR count). The van der Waals surface area contributed by atoms with Crippen molar-refractivity contribution in [3.8, 4) is 0 Å². The van der Waals surface area contributed by atoms with Gasteiger partial charge in [0.05, 0.1) is 30.5 Å². The fourth-order valence-electron chi connectivity index (χ4n) is 15.1. The molecule has 3 N–H and O–H groups in total. The minimum Gasteiger partial charge on any atom is -0.455 e. The Balaban J connectivity index is 1.15. The van der Waals surface area contributed by atoms with Gasteiger partial charge in [0.1, 0.15) is 23.9 Å². The molecule has 0 amide bonds. The van der Waals surface area contributed by atoms with Crippen LogP contribution in [-0.2, 0) is 33.2 Å². The van der Waals surface area contributed by atoms with Gasteiger partial charge in [-0.1, -0.05) is 128 Å². The fourth-order valence-corrected chi connectivity index (χ4v) is 15.1.